The molecule has 0 bridgehead atoms. The molecule has 1 aliphatic carbocycles. The third-order valence-electron chi connectivity index (χ3n) is 7.85. The fourth-order valence-electron chi connectivity index (χ4n) is 5.87. The summed E-state index contributed by atoms with van der Waals surface area (Å²) >= 11 is 0. The molecule has 2 nitrogen and oxygen atoms in total. The SMILES string of the molecule is C=C1CC[C@@H](CC)C(C)(CCC(O)CCCC=C(C)C)C1Cc1cc2ccccc2[nH]1. The van der Waals surface area contributed by atoms with Crippen molar-refractivity contribution in [3.05, 3.63) is 59.8 Å². The van der Waals surface area contributed by atoms with E-state index in [1.165, 1.54) is 40.6 Å². The molecule has 1 saturated carbocycles. The average molecular weight is 422 g/mol. The highest BCUT2D eigenvalue weighted by atomic mass is 16.3. The van der Waals surface area contributed by atoms with Gasteiger partial charge >= 0.3 is 0 Å². The van der Waals surface area contributed by atoms with E-state index in [1.54, 1.807) is 0 Å². The summed E-state index contributed by atoms with van der Waals surface area (Å²) in [4.78, 5) is 3.65. The van der Waals surface area contributed by atoms with Crippen molar-refractivity contribution in [2.75, 3.05) is 0 Å². The van der Waals surface area contributed by atoms with Crippen molar-refractivity contribution in [1.82, 2.24) is 4.98 Å². The largest absolute Gasteiger partial charge is 0.393 e. The minimum absolute atomic E-state index is 0.191. The predicted octanol–water partition coefficient (Wildman–Crippen LogP) is 7.99. The topological polar surface area (TPSA) is 36.0 Å². The molecule has 1 fully saturated rings. The number of benzene rings is 1. The number of rotatable bonds is 10. The summed E-state index contributed by atoms with van der Waals surface area (Å²) in [6, 6.07) is 10.9. The van der Waals surface area contributed by atoms with Crippen LogP contribution in [0.5, 0.6) is 0 Å². The van der Waals surface area contributed by atoms with Gasteiger partial charge in [0.15, 0.2) is 0 Å². The molecule has 0 saturated heterocycles. The van der Waals surface area contributed by atoms with Crippen LogP contribution in [0.25, 0.3) is 10.9 Å². The molecule has 0 amide bonds. The van der Waals surface area contributed by atoms with E-state index in [1.807, 2.05) is 0 Å². The average Bonchev–Trinajstić information content (AvgIpc) is 3.15. The van der Waals surface area contributed by atoms with Gasteiger partial charge in [-0.05, 0) is 100.0 Å². The Morgan fingerprint density at radius 2 is 2.06 bits per heavy atom. The zero-order chi connectivity index (χ0) is 22.4. The third-order valence-corrected chi connectivity index (χ3v) is 7.85. The number of aliphatic hydroxyl groups is 1. The van der Waals surface area contributed by atoms with Gasteiger partial charge in [-0.3, -0.25) is 0 Å². The standard InChI is InChI=1S/C29H43NO/c1-6-24-16-15-22(4)27(20-25-19-23-12-8-10-14-28(23)30-25)29(24,5)18-17-26(31)13-9-7-11-21(2)3/h8,10-12,14,19,24,26-27,30-31H,4,6-7,9,13,15-18,20H2,1-3,5H3/t24-,26?,27?,29?/m1/s1. The molecule has 1 aromatic carbocycles. The van der Waals surface area contributed by atoms with Gasteiger partial charge in [0.2, 0.25) is 0 Å². The number of hydrogen-bond acceptors (Lipinski definition) is 1. The van der Waals surface area contributed by atoms with Gasteiger partial charge in [0.1, 0.15) is 0 Å². The first-order chi connectivity index (χ1) is 14.8. The maximum Gasteiger partial charge on any atom is 0.0540 e. The minimum atomic E-state index is -0.191. The number of aromatic amines is 1. The molecule has 3 rings (SSSR count). The van der Waals surface area contributed by atoms with Crippen LogP contribution in [-0.4, -0.2) is 16.2 Å². The Balaban J connectivity index is 1.70. The van der Waals surface area contributed by atoms with Crippen LogP contribution in [0.1, 0.15) is 84.8 Å². The molecule has 2 N–H and O–H groups in total. The van der Waals surface area contributed by atoms with Crippen LogP contribution in [0.2, 0.25) is 0 Å². The number of nitrogens with one attached hydrogen (secondary N) is 1. The molecule has 0 radical (unpaired) electrons. The van der Waals surface area contributed by atoms with E-state index in [2.05, 4.69) is 75.7 Å². The number of hydrogen-bond donors (Lipinski definition) is 2. The van der Waals surface area contributed by atoms with Crippen molar-refractivity contribution < 1.29 is 5.11 Å². The summed E-state index contributed by atoms with van der Waals surface area (Å²) in [6.45, 7) is 13.6. The van der Waals surface area contributed by atoms with Crippen LogP contribution in [0.15, 0.2) is 54.1 Å². The van der Waals surface area contributed by atoms with Crippen LogP contribution in [-0.2, 0) is 6.42 Å². The first-order valence-electron chi connectivity index (χ1n) is 12.4. The lowest BCUT2D eigenvalue weighted by molar-refractivity contribution is 0.0395. The molecule has 170 valence electrons. The summed E-state index contributed by atoms with van der Waals surface area (Å²) in [6.07, 6.45) is 11.8. The Hall–Kier alpha value is -1.80. The van der Waals surface area contributed by atoms with E-state index in [9.17, 15) is 5.11 Å². The van der Waals surface area contributed by atoms with Gasteiger partial charge in [-0.1, -0.05) is 62.3 Å². The lowest BCUT2D eigenvalue weighted by Gasteiger charge is -2.49. The van der Waals surface area contributed by atoms with Crippen molar-refractivity contribution in [3.63, 3.8) is 0 Å². The van der Waals surface area contributed by atoms with E-state index in [4.69, 9.17) is 0 Å². The predicted molar refractivity (Wildman–Crippen MR) is 134 cm³/mol. The van der Waals surface area contributed by atoms with Crippen molar-refractivity contribution in [2.45, 2.75) is 91.6 Å². The van der Waals surface area contributed by atoms with Gasteiger partial charge in [0.25, 0.3) is 0 Å². The molecule has 31 heavy (non-hydrogen) atoms. The lowest BCUT2D eigenvalue weighted by atomic mass is 9.56. The number of unbranched alkanes of at least 4 members (excludes halogenated alkanes) is 1. The van der Waals surface area contributed by atoms with E-state index in [0.717, 1.165) is 44.9 Å². The van der Waals surface area contributed by atoms with Crippen LogP contribution in [0, 0.1) is 17.3 Å². The fraction of sp³-hybridized carbons (Fsp3) is 0.586. The van der Waals surface area contributed by atoms with Gasteiger partial charge in [0, 0.05) is 11.2 Å². The molecular formula is C29H43NO. The Bertz CT molecular complexity index is 854. The summed E-state index contributed by atoms with van der Waals surface area (Å²) in [5.41, 5.74) is 5.51. The lowest BCUT2D eigenvalue weighted by Crippen LogP contribution is -2.41. The Kier molecular flexibility index (Phi) is 8.22. The number of aromatic nitrogens is 1. The number of fused-ring (bicyclic) bond motifs is 1. The van der Waals surface area contributed by atoms with E-state index in [-0.39, 0.29) is 11.5 Å². The molecular weight excluding hydrogens is 378 g/mol. The van der Waals surface area contributed by atoms with Crippen LogP contribution < -0.4 is 0 Å². The zero-order valence-corrected chi connectivity index (χ0v) is 20.2. The number of para-hydroxylation sites is 1. The van der Waals surface area contributed by atoms with Gasteiger partial charge in [0.05, 0.1) is 6.10 Å². The molecule has 3 unspecified atom stereocenters. The second kappa shape index (κ2) is 10.7. The second-order valence-electron chi connectivity index (χ2n) is 10.4. The molecule has 4 atom stereocenters. The van der Waals surface area contributed by atoms with E-state index < -0.39 is 0 Å². The van der Waals surface area contributed by atoms with Crippen LogP contribution in [0.4, 0.5) is 0 Å². The van der Waals surface area contributed by atoms with Crippen molar-refractivity contribution in [1.29, 1.82) is 0 Å². The maximum atomic E-state index is 10.7. The molecule has 2 aromatic rings. The minimum Gasteiger partial charge on any atom is -0.393 e. The van der Waals surface area contributed by atoms with Gasteiger partial charge in [-0.25, -0.2) is 0 Å². The summed E-state index contributed by atoms with van der Waals surface area (Å²) in [5, 5.41) is 12.0. The highest BCUT2D eigenvalue weighted by molar-refractivity contribution is 5.80. The molecule has 1 aromatic heterocycles. The molecule has 1 heterocycles. The molecule has 0 spiro atoms. The van der Waals surface area contributed by atoms with Crippen LogP contribution >= 0.6 is 0 Å². The highest BCUT2D eigenvalue weighted by Gasteiger charge is 2.44. The Labute approximate surface area is 189 Å². The highest BCUT2D eigenvalue weighted by Crippen LogP contribution is 2.53. The number of H-pyrrole nitrogens is 1. The monoisotopic (exact) mass is 421 g/mol. The number of allylic oxidation sites excluding steroid dienone is 3. The first-order valence-corrected chi connectivity index (χ1v) is 12.4. The van der Waals surface area contributed by atoms with Crippen LogP contribution in [0.3, 0.4) is 0 Å². The van der Waals surface area contributed by atoms with Gasteiger partial charge in [-0.15, -0.1) is 0 Å². The smallest absolute Gasteiger partial charge is 0.0540 e. The second-order valence-corrected chi connectivity index (χ2v) is 10.4. The van der Waals surface area contributed by atoms with Crippen molar-refractivity contribution in [2.24, 2.45) is 17.3 Å². The van der Waals surface area contributed by atoms with E-state index in [0.29, 0.717) is 11.8 Å². The fourth-order valence-corrected chi connectivity index (χ4v) is 5.87. The zero-order valence-electron chi connectivity index (χ0n) is 20.2. The van der Waals surface area contributed by atoms with Gasteiger partial charge in [-0.2, -0.15) is 0 Å². The maximum absolute atomic E-state index is 10.7. The van der Waals surface area contributed by atoms with Crippen molar-refractivity contribution in [3.8, 4) is 0 Å². The number of aliphatic hydroxyl groups excluding tert-OH is 1. The van der Waals surface area contributed by atoms with Crippen molar-refractivity contribution >= 4 is 10.9 Å². The Morgan fingerprint density at radius 1 is 1.29 bits per heavy atom. The summed E-state index contributed by atoms with van der Waals surface area (Å²) < 4.78 is 0. The Morgan fingerprint density at radius 3 is 2.77 bits per heavy atom. The van der Waals surface area contributed by atoms with Gasteiger partial charge < -0.3 is 10.1 Å². The third kappa shape index (κ3) is 5.92. The first kappa shape index (κ1) is 23.9. The van der Waals surface area contributed by atoms with E-state index >= 15 is 0 Å². The summed E-state index contributed by atoms with van der Waals surface area (Å²) in [7, 11) is 0. The molecule has 2 heteroatoms. The normalized spacial score (nSPS) is 25.0. The summed E-state index contributed by atoms with van der Waals surface area (Å²) in [5.74, 6) is 1.17. The molecule has 0 aliphatic heterocycles. The quantitative estimate of drug-likeness (QED) is 0.296. The molecule has 1 aliphatic rings.